The molecule has 0 spiro atoms. The number of aliphatic hydroxyl groups excluding tert-OH is 3. The van der Waals surface area contributed by atoms with Crippen molar-refractivity contribution in [2.24, 2.45) is 11.0 Å². The first-order valence-corrected chi connectivity index (χ1v) is 7.14. The Morgan fingerprint density at radius 2 is 2.08 bits per heavy atom. The number of nitrogens with zero attached hydrogens (tertiary/aromatic N) is 3. The molecule has 0 aromatic rings. The van der Waals surface area contributed by atoms with Gasteiger partial charge in [0.25, 0.3) is 0 Å². The van der Waals surface area contributed by atoms with Crippen LogP contribution in [0.25, 0.3) is 10.4 Å². The van der Waals surface area contributed by atoms with Gasteiger partial charge in [0.2, 0.25) is 5.91 Å². The number of carboxylic acids is 1. The first-order chi connectivity index (χ1) is 11.2. The van der Waals surface area contributed by atoms with Crippen molar-refractivity contribution in [2.45, 2.75) is 44.2 Å². The van der Waals surface area contributed by atoms with E-state index >= 15 is 0 Å². The summed E-state index contributed by atoms with van der Waals surface area (Å²) in [6.45, 7) is 2.36. The summed E-state index contributed by atoms with van der Waals surface area (Å²) in [5.41, 5.74) is 8.65. The molecule has 0 fully saturated rings. The summed E-state index contributed by atoms with van der Waals surface area (Å²) in [7, 11) is 0. The molecule has 1 amide bonds. The normalized spacial score (nSPS) is 24.7. The summed E-state index contributed by atoms with van der Waals surface area (Å²) in [5, 5.41) is 45.6. The van der Waals surface area contributed by atoms with E-state index < -0.39 is 60.6 Å². The Balaban J connectivity index is 0.00000576. The van der Waals surface area contributed by atoms with Crippen LogP contribution in [0.2, 0.25) is 0 Å². The molecule has 1 aliphatic heterocycles. The summed E-state index contributed by atoms with van der Waals surface area (Å²) in [6.07, 6.45) is -3.97. The van der Waals surface area contributed by atoms with Crippen LogP contribution in [0.1, 0.15) is 13.8 Å². The van der Waals surface area contributed by atoms with Gasteiger partial charge in [-0.1, -0.05) is 19.0 Å². The number of hydrogen-bond donors (Lipinski definition) is 4. The number of rotatable bonds is 7. The Morgan fingerprint density at radius 3 is 2.52 bits per heavy atom. The summed E-state index contributed by atoms with van der Waals surface area (Å²) >= 11 is 0. The minimum atomic E-state index is -1.76. The van der Waals surface area contributed by atoms with Crippen LogP contribution in [-0.4, -0.2) is 64.2 Å². The van der Waals surface area contributed by atoms with Gasteiger partial charge in [-0.05, 0) is 11.6 Å². The number of hydrogen-bond acceptors (Lipinski definition) is 8. The number of aliphatic carboxylic acids is 1. The molecule has 5 atom stereocenters. The monoisotopic (exact) mass is 366 g/mol. The SMILES string of the molecule is CC(C)C(=O)N[C@H]1[C@H]([C@H](O)[C@H](O)CO)OC(C(=O)[O-])=C[C@@H]1N=[N+]=[N-].[Na+]. The van der Waals surface area contributed by atoms with E-state index in [2.05, 4.69) is 15.3 Å². The maximum atomic E-state index is 11.9. The Kier molecular flexibility index (Phi) is 10.0. The van der Waals surface area contributed by atoms with Crippen LogP contribution in [0.3, 0.4) is 0 Å². The van der Waals surface area contributed by atoms with Crippen LogP contribution < -0.4 is 40.0 Å². The summed E-state index contributed by atoms with van der Waals surface area (Å²) < 4.78 is 5.08. The Morgan fingerprint density at radius 1 is 1.48 bits per heavy atom. The largest absolute Gasteiger partial charge is 1.00 e. The van der Waals surface area contributed by atoms with Gasteiger partial charge in [-0.3, -0.25) is 4.79 Å². The zero-order chi connectivity index (χ0) is 18.4. The summed E-state index contributed by atoms with van der Waals surface area (Å²) in [6, 6.07) is -2.36. The minimum absolute atomic E-state index is 0. The van der Waals surface area contributed by atoms with E-state index in [1.807, 2.05) is 0 Å². The van der Waals surface area contributed by atoms with Crippen molar-refractivity contribution in [1.29, 1.82) is 0 Å². The third-order valence-electron chi connectivity index (χ3n) is 3.44. The van der Waals surface area contributed by atoms with Crippen molar-refractivity contribution in [1.82, 2.24) is 5.32 Å². The number of carboxylic acid groups (broad SMARTS) is 1. The average Bonchev–Trinajstić information content (AvgIpc) is 2.54. The number of nitrogens with one attached hydrogen (secondary N) is 1. The smallest absolute Gasteiger partial charge is 0.542 e. The molecule has 11 nitrogen and oxygen atoms in total. The molecular weight excluding hydrogens is 347 g/mol. The molecule has 12 heteroatoms. The maximum Gasteiger partial charge on any atom is 1.00 e. The van der Waals surface area contributed by atoms with Crippen molar-refractivity contribution in [3.63, 3.8) is 0 Å². The number of carbonyl (C=O) groups is 2. The van der Waals surface area contributed by atoms with Gasteiger partial charge in [-0.2, -0.15) is 0 Å². The van der Waals surface area contributed by atoms with Crippen LogP contribution in [0.15, 0.2) is 16.9 Å². The van der Waals surface area contributed by atoms with E-state index in [0.717, 1.165) is 6.08 Å². The fraction of sp³-hybridized carbons (Fsp3) is 0.692. The third kappa shape index (κ3) is 6.15. The molecule has 1 rings (SSSR count). The zero-order valence-electron chi connectivity index (χ0n) is 14.1. The van der Waals surface area contributed by atoms with Crippen molar-refractivity contribution in [3.05, 3.63) is 22.3 Å². The van der Waals surface area contributed by atoms with Gasteiger partial charge in [-0.15, -0.1) is 0 Å². The quantitative estimate of drug-likeness (QED) is 0.150. The van der Waals surface area contributed by atoms with E-state index in [4.69, 9.17) is 15.4 Å². The van der Waals surface area contributed by atoms with Crippen molar-refractivity contribution >= 4 is 11.9 Å². The molecule has 1 heterocycles. The fourth-order valence-corrected chi connectivity index (χ4v) is 2.10. The molecule has 0 aliphatic carbocycles. The van der Waals surface area contributed by atoms with Crippen LogP contribution in [0, 0.1) is 5.92 Å². The van der Waals surface area contributed by atoms with Gasteiger partial charge in [-0.25, -0.2) is 0 Å². The fourth-order valence-electron chi connectivity index (χ4n) is 2.10. The second kappa shape index (κ2) is 10.6. The number of aliphatic hydroxyl groups is 3. The molecule has 1 aliphatic rings. The summed E-state index contributed by atoms with van der Waals surface area (Å²) in [5.74, 6) is -3.36. The van der Waals surface area contributed by atoms with Crippen LogP contribution in [0.4, 0.5) is 0 Å². The van der Waals surface area contributed by atoms with Crippen molar-refractivity contribution in [2.75, 3.05) is 6.61 Å². The van der Waals surface area contributed by atoms with E-state index in [-0.39, 0.29) is 29.6 Å². The topological polar surface area (TPSA) is 188 Å². The molecule has 0 aromatic carbocycles. The first-order valence-electron chi connectivity index (χ1n) is 7.14. The average molecular weight is 366 g/mol. The van der Waals surface area contributed by atoms with Gasteiger partial charge in [0.1, 0.15) is 30.0 Å². The van der Waals surface area contributed by atoms with Crippen LogP contribution >= 0.6 is 0 Å². The Hall–Kier alpha value is -1.33. The van der Waals surface area contributed by atoms with Gasteiger partial charge < -0.3 is 35.3 Å². The molecule has 25 heavy (non-hydrogen) atoms. The standard InChI is InChI=1S/C13H20N4O7.Na/c1-5(2)12(21)15-9-6(16-17-14)3-8(13(22)23)24-11(9)10(20)7(19)4-18;/h3,5-7,9-11,18-20H,4H2,1-2H3,(H,15,21)(H,22,23);/q;+1/p-1/t6-,7+,9+,10+,11+;/m0./s1. The number of amides is 1. The maximum absolute atomic E-state index is 11.9. The van der Waals surface area contributed by atoms with Crippen molar-refractivity contribution < 1.29 is 64.3 Å². The van der Waals surface area contributed by atoms with Gasteiger partial charge >= 0.3 is 29.6 Å². The number of ether oxygens (including phenoxy) is 1. The second-order valence-electron chi connectivity index (χ2n) is 5.53. The van der Waals surface area contributed by atoms with Crippen LogP contribution in [0.5, 0.6) is 0 Å². The van der Waals surface area contributed by atoms with Gasteiger partial charge in [0, 0.05) is 10.8 Å². The molecule has 0 radical (unpaired) electrons. The minimum Gasteiger partial charge on any atom is -0.542 e. The molecule has 0 bridgehead atoms. The molecule has 0 saturated carbocycles. The van der Waals surface area contributed by atoms with E-state index in [0.29, 0.717) is 0 Å². The van der Waals surface area contributed by atoms with Crippen LogP contribution in [-0.2, 0) is 14.3 Å². The third-order valence-corrected chi connectivity index (χ3v) is 3.44. The van der Waals surface area contributed by atoms with E-state index in [1.54, 1.807) is 13.8 Å². The number of carbonyl (C=O) groups excluding carboxylic acids is 2. The Bertz CT molecular complexity index is 565. The molecule has 0 aromatic heterocycles. The first kappa shape index (κ1) is 23.7. The van der Waals surface area contributed by atoms with Crippen molar-refractivity contribution in [3.8, 4) is 0 Å². The number of azide groups is 1. The van der Waals surface area contributed by atoms with Gasteiger partial charge in [0.05, 0.1) is 18.7 Å². The second-order valence-corrected chi connectivity index (χ2v) is 5.53. The predicted octanol–water partition coefficient (Wildman–Crippen LogP) is -5.44. The molecule has 134 valence electrons. The van der Waals surface area contributed by atoms with E-state index in [1.165, 1.54) is 0 Å². The molecule has 0 saturated heterocycles. The van der Waals surface area contributed by atoms with E-state index in [9.17, 15) is 24.9 Å². The summed E-state index contributed by atoms with van der Waals surface area (Å²) in [4.78, 5) is 25.5. The molecule has 4 N–H and O–H groups in total. The zero-order valence-corrected chi connectivity index (χ0v) is 16.1. The van der Waals surface area contributed by atoms with Gasteiger partial charge in [0.15, 0.2) is 0 Å². The molecular formula is C13H19N4NaO7. The predicted molar refractivity (Wildman–Crippen MR) is 76.8 cm³/mol. The molecule has 0 unspecified atom stereocenters. The Labute approximate surface area is 165 Å².